The first-order chi connectivity index (χ1) is 16.9. The number of aliphatic hydroxyl groups is 1. The monoisotopic (exact) mass is 492 g/mol. The standard InChI is InChI=1S/C31H40O5/c1-18(24(7)32)9-8-10-23(6)31(12-11-30(31)36-35)17-27(25-13-21(4)28(33)15-19(25)2)26-14-22(5)29(34)16-20(26)3/h9,11-16,23,27,30,32-35H,7-8,10,17H2,1-6H3/b18-9-/t23-,30?,31-/m0/s1. The summed E-state index contributed by atoms with van der Waals surface area (Å²) >= 11 is 0. The molecule has 0 saturated carbocycles. The largest absolute Gasteiger partial charge is 0.508 e. The minimum atomic E-state index is -0.440. The first-order valence-corrected chi connectivity index (χ1v) is 12.6. The number of aryl methyl sites for hydroxylation is 4. The van der Waals surface area contributed by atoms with E-state index in [2.05, 4.69) is 19.6 Å². The number of hydrogen-bond acceptors (Lipinski definition) is 5. The van der Waals surface area contributed by atoms with Crippen LogP contribution in [-0.4, -0.2) is 26.7 Å². The van der Waals surface area contributed by atoms with Gasteiger partial charge in [0, 0.05) is 11.3 Å². The van der Waals surface area contributed by atoms with Gasteiger partial charge in [-0.3, -0.25) is 5.26 Å². The molecule has 0 fully saturated rings. The van der Waals surface area contributed by atoms with E-state index >= 15 is 0 Å². The van der Waals surface area contributed by atoms with Crippen LogP contribution in [-0.2, 0) is 4.89 Å². The van der Waals surface area contributed by atoms with Crippen LogP contribution in [0.4, 0.5) is 0 Å². The molecule has 3 atom stereocenters. The molecule has 0 bridgehead atoms. The Hall–Kier alpha value is -3.02. The maximum atomic E-state index is 10.3. The Kier molecular flexibility index (Phi) is 8.37. The molecule has 36 heavy (non-hydrogen) atoms. The van der Waals surface area contributed by atoms with Gasteiger partial charge in [-0.05, 0) is 111 Å². The number of phenols is 2. The molecule has 1 aliphatic carbocycles. The zero-order chi connectivity index (χ0) is 26.8. The van der Waals surface area contributed by atoms with Crippen LogP contribution in [0.25, 0.3) is 0 Å². The van der Waals surface area contributed by atoms with Crippen LogP contribution in [0.3, 0.4) is 0 Å². The van der Waals surface area contributed by atoms with Crippen molar-refractivity contribution in [2.24, 2.45) is 11.3 Å². The first kappa shape index (κ1) is 27.6. The molecule has 2 aromatic carbocycles. The minimum absolute atomic E-state index is 0.0526. The van der Waals surface area contributed by atoms with Crippen molar-refractivity contribution in [3.05, 3.63) is 93.8 Å². The van der Waals surface area contributed by atoms with Gasteiger partial charge in [-0.2, -0.15) is 0 Å². The lowest BCUT2D eigenvalue weighted by atomic mass is 9.58. The SMILES string of the molecule is C=C(O)/C(C)=C\CC[C@H](C)[C@@]1(CC(c2cc(C)c(O)cc2C)c2cc(C)c(O)cc2C)C=CC1OO. The highest BCUT2D eigenvalue weighted by Crippen LogP contribution is 2.53. The Morgan fingerprint density at radius 3 is 1.94 bits per heavy atom. The van der Waals surface area contributed by atoms with E-state index in [-0.39, 0.29) is 29.1 Å². The first-order valence-electron chi connectivity index (χ1n) is 12.6. The molecule has 2 aromatic rings. The molecular formula is C31H40O5. The Balaban J connectivity index is 2.09. The van der Waals surface area contributed by atoms with E-state index in [9.17, 15) is 20.6 Å². The van der Waals surface area contributed by atoms with Crippen molar-refractivity contribution in [1.82, 2.24) is 0 Å². The van der Waals surface area contributed by atoms with Gasteiger partial charge >= 0.3 is 0 Å². The van der Waals surface area contributed by atoms with Crippen molar-refractivity contribution in [2.75, 3.05) is 0 Å². The van der Waals surface area contributed by atoms with E-state index in [1.165, 1.54) is 0 Å². The smallest absolute Gasteiger partial charge is 0.120 e. The lowest BCUT2D eigenvalue weighted by molar-refractivity contribution is -0.297. The summed E-state index contributed by atoms with van der Waals surface area (Å²) in [5.74, 6) is 0.723. The van der Waals surface area contributed by atoms with Crippen molar-refractivity contribution in [3.8, 4) is 11.5 Å². The van der Waals surface area contributed by atoms with Crippen LogP contribution in [0.1, 0.15) is 72.4 Å². The lowest BCUT2D eigenvalue weighted by Crippen LogP contribution is -2.46. The fourth-order valence-corrected chi connectivity index (χ4v) is 5.46. The third-order valence-corrected chi connectivity index (χ3v) is 8.13. The molecule has 5 heteroatoms. The number of aromatic hydroxyl groups is 2. The van der Waals surface area contributed by atoms with Gasteiger partial charge in [0.2, 0.25) is 0 Å². The van der Waals surface area contributed by atoms with Crippen LogP contribution in [0.15, 0.2) is 60.4 Å². The van der Waals surface area contributed by atoms with Gasteiger partial charge in [0.15, 0.2) is 0 Å². The molecule has 1 aliphatic rings. The fourth-order valence-electron chi connectivity index (χ4n) is 5.46. The Morgan fingerprint density at radius 1 is 1.00 bits per heavy atom. The molecule has 0 amide bonds. The number of phenolic OH excluding ortho intramolecular Hbond substituents is 2. The molecule has 0 radical (unpaired) electrons. The van der Waals surface area contributed by atoms with Crippen molar-refractivity contribution in [3.63, 3.8) is 0 Å². The highest BCUT2D eigenvalue weighted by Gasteiger charge is 2.48. The summed E-state index contributed by atoms with van der Waals surface area (Å²) in [5, 5.41) is 40.1. The zero-order valence-corrected chi connectivity index (χ0v) is 22.3. The summed E-state index contributed by atoms with van der Waals surface area (Å²) in [7, 11) is 0. The second kappa shape index (κ2) is 10.9. The predicted molar refractivity (Wildman–Crippen MR) is 145 cm³/mol. The minimum Gasteiger partial charge on any atom is -0.508 e. The quantitative estimate of drug-likeness (QED) is 0.0897. The number of allylic oxidation sites excluding steroid dienone is 2. The number of hydrogen-bond donors (Lipinski definition) is 4. The van der Waals surface area contributed by atoms with Gasteiger partial charge in [-0.1, -0.05) is 43.9 Å². The number of rotatable bonds is 10. The molecule has 0 heterocycles. The van der Waals surface area contributed by atoms with E-state index in [0.717, 1.165) is 51.8 Å². The summed E-state index contributed by atoms with van der Waals surface area (Å²) in [6, 6.07) is 7.71. The van der Waals surface area contributed by atoms with Crippen LogP contribution in [0.2, 0.25) is 0 Å². The number of aliphatic hydroxyl groups excluding tert-OH is 1. The normalized spacial score (nSPS) is 20.4. The van der Waals surface area contributed by atoms with Crippen LogP contribution in [0.5, 0.6) is 11.5 Å². The highest BCUT2D eigenvalue weighted by molar-refractivity contribution is 5.50. The zero-order valence-electron chi connectivity index (χ0n) is 22.3. The van der Waals surface area contributed by atoms with Crippen LogP contribution in [0, 0.1) is 39.0 Å². The van der Waals surface area contributed by atoms with E-state index in [4.69, 9.17) is 4.89 Å². The van der Waals surface area contributed by atoms with Crippen LogP contribution < -0.4 is 0 Å². The molecule has 1 unspecified atom stereocenters. The van der Waals surface area contributed by atoms with Crippen molar-refractivity contribution >= 4 is 0 Å². The third kappa shape index (κ3) is 5.37. The maximum absolute atomic E-state index is 10.3. The molecule has 0 aromatic heterocycles. The summed E-state index contributed by atoms with van der Waals surface area (Å²) < 4.78 is 0. The van der Waals surface area contributed by atoms with Gasteiger partial charge in [0.25, 0.3) is 0 Å². The Bertz CT molecular complexity index is 1130. The number of benzene rings is 2. The van der Waals surface area contributed by atoms with Gasteiger partial charge in [0.05, 0.1) is 0 Å². The fraction of sp³-hybridized carbons (Fsp3) is 0.419. The van der Waals surface area contributed by atoms with E-state index in [0.29, 0.717) is 6.42 Å². The lowest BCUT2D eigenvalue weighted by Gasteiger charge is -2.48. The molecule has 3 rings (SSSR count). The van der Waals surface area contributed by atoms with Gasteiger partial charge < -0.3 is 15.3 Å². The molecule has 194 valence electrons. The van der Waals surface area contributed by atoms with Crippen molar-refractivity contribution in [1.29, 1.82) is 0 Å². The van der Waals surface area contributed by atoms with E-state index in [1.54, 1.807) is 0 Å². The average Bonchev–Trinajstić information content (AvgIpc) is 2.79. The van der Waals surface area contributed by atoms with Gasteiger partial charge in [-0.25, -0.2) is 4.89 Å². The average molecular weight is 493 g/mol. The third-order valence-electron chi connectivity index (χ3n) is 8.13. The summed E-state index contributed by atoms with van der Waals surface area (Å²) in [6.07, 6.45) is 7.88. The Morgan fingerprint density at radius 2 is 1.53 bits per heavy atom. The van der Waals surface area contributed by atoms with Crippen molar-refractivity contribution in [2.45, 2.75) is 72.8 Å². The predicted octanol–water partition coefficient (Wildman–Crippen LogP) is 7.70. The van der Waals surface area contributed by atoms with Crippen LogP contribution >= 0.6 is 0 Å². The highest BCUT2D eigenvalue weighted by atomic mass is 17.1. The molecule has 5 nitrogen and oxygen atoms in total. The van der Waals surface area contributed by atoms with Gasteiger partial charge in [-0.15, -0.1) is 0 Å². The van der Waals surface area contributed by atoms with E-state index < -0.39 is 11.5 Å². The van der Waals surface area contributed by atoms with Crippen molar-refractivity contribution < 1.29 is 25.5 Å². The molecular weight excluding hydrogens is 452 g/mol. The topological polar surface area (TPSA) is 90.2 Å². The summed E-state index contributed by atoms with van der Waals surface area (Å²) in [5.41, 5.74) is 6.14. The second-order valence-corrected chi connectivity index (χ2v) is 10.6. The van der Waals surface area contributed by atoms with E-state index in [1.807, 2.05) is 71.0 Å². The second-order valence-electron chi connectivity index (χ2n) is 10.6. The molecule has 4 N–H and O–H groups in total. The van der Waals surface area contributed by atoms with Gasteiger partial charge in [0.1, 0.15) is 23.4 Å². The Labute approximate surface area is 215 Å². The summed E-state index contributed by atoms with van der Waals surface area (Å²) in [4.78, 5) is 4.97. The summed E-state index contributed by atoms with van der Waals surface area (Å²) in [6.45, 7) is 15.4. The molecule has 0 aliphatic heterocycles. The maximum Gasteiger partial charge on any atom is 0.120 e. The molecule has 0 spiro atoms. The molecule has 0 saturated heterocycles.